The Morgan fingerprint density at radius 1 is 1.36 bits per heavy atom. The number of rotatable bonds is 7. The summed E-state index contributed by atoms with van der Waals surface area (Å²) in [6.45, 7) is 0.903. The highest BCUT2D eigenvalue weighted by atomic mass is 16.3. The lowest BCUT2D eigenvalue weighted by Gasteiger charge is -2.15. The highest BCUT2D eigenvalue weighted by molar-refractivity contribution is 5.73. The molecule has 6 nitrogen and oxygen atoms in total. The first-order valence-electron chi connectivity index (χ1n) is 7.30. The molecule has 6 heteroatoms. The first-order chi connectivity index (χ1) is 10.7. The zero-order valence-electron chi connectivity index (χ0n) is 12.7. The van der Waals surface area contributed by atoms with Crippen LogP contribution in [-0.4, -0.2) is 33.8 Å². The molecule has 2 amide bonds. The molecule has 0 radical (unpaired) electrons. The molecule has 22 heavy (non-hydrogen) atoms. The summed E-state index contributed by atoms with van der Waals surface area (Å²) >= 11 is 0. The third kappa shape index (κ3) is 5.21. The Morgan fingerprint density at radius 3 is 2.86 bits per heavy atom. The molecule has 0 saturated carbocycles. The second-order valence-electron chi connectivity index (χ2n) is 5.32. The van der Waals surface area contributed by atoms with Gasteiger partial charge < -0.3 is 20.3 Å². The molecule has 1 unspecified atom stereocenters. The van der Waals surface area contributed by atoms with Crippen LogP contribution in [0.4, 0.5) is 4.79 Å². The SMILES string of the molecule is Cn1ccc(CNC(=O)NCC(CO)Cc2ccccn2)c1. The van der Waals surface area contributed by atoms with Crippen LogP contribution in [0.5, 0.6) is 0 Å². The van der Waals surface area contributed by atoms with Gasteiger partial charge >= 0.3 is 6.03 Å². The number of aromatic nitrogens is 2. The second-order valence-corrected chi connectivity index (χ2v) is 5.32. The van der Waals surface area contributed by atoms with Gasteiger partial charge in [-0.25, -0.2) is 4.79 Å². The molecule has 118 valence electrons. The average molecular weight is 302 g/mol. The van der Waals surface area contributed by atoms with Crippen LogP contribution < -0.4 is 10.6 Å². The van der Waals surface area contributed by atoms with Crippen LogP contribution in [-0.2, 0) is 20.0 Å². The summed E-state index contributed by atoms with van der Waals surface area (Å²) in [4.78, 5) is 16.0. The maximum Gasteiger partial charge on any atom is 0.315 e. The molecule has 1 atom stereocenters. The third-order valence-corrected chi connectivity index (χ3v) is 3.38. The lowest BCUT2D eigenvalue weighted by Crippen LogP contribution is -2.39. The summed E-state index contributed by atoms with van der Waals surface area (Å²) in [7, 11) is 1.94. The number of urea groups is 1. The van der Waals surface area contributed by atoms with Crippen molar-refractivity contribution >= 4 is 6.03 Å². The second kappa shape index (κ2) is 8.19. The normalized spacial score (nSPS) is 11.9. The standard InChI is InChI=1S/C16H22N4O2/c1-20-7-5-13(11-20)9-18-16(22)19-10-14(12-21)8-15-4-2-3-6-17-15/h2-7,11,14,21H,8-10,12H2,1H3,(H2,18,19,22). The summed E-state index contributed by atoms with van der Waals surface area (Å²) in [5.41, 5.74) is 1.96. The van der Waals surface area contributed by atoms with Crippen LogP contribution >= 0.6 is 0 Å². The molecule has 0 aliphatic carbocycles. The number of aliphatic hydroxyl groups excluding tert-OH is 1. The van der Waals surface area contributed by atoms with E-state index in [-0.39, 0.29) is 18.6 Å². The van der Waals surface area contributed by atoms with Crippen LogP contribution in [0.15, 0.2) is 42.9 Å². The van der Waals surface area contributed by atoms with Gasteiger partial charge in [0.2, 0.25) is 0 Å². The number of amides is 2. The minimum Gasteiger partial charge on any atom is -0.396 e. The van der Waals surface area contributed by atoms with E-state index in [0.717, 1.165) is 11.3 Å². The lowest BCUT2D eigenvalue weighted by molar-refractivity contribution is 0.213. The highest BCUT2D eigenvalue weighted by Crippen LogP contribution is 2.05. The van der Waals surface area contributed by atoms with Gasteiger partial charge in [-0.3, -0.25) is 4.98 Å². The zero-order chi connectivity index (χ0) is 15.8. The number of nitrogens with zero attached hydrogens (tertiary/aromatic N) is 2. The van der Waals surface area contributed by atoms with E-state index in [4.69, 9.17) is 0 Å². The fourth-order valence-corrected chi connectivity index (χ4v) is 2.16. The number of pyridine rings is 1. The van der Waals surface area contributed by atoms with Crippen molar-refractivity contribution < 1.29 is 9.90 Å². The van der Waals surface area contributed by atoms with Crippen LogP contribution in [0.2, 0.25) is 0 Å². The van der Waals surface area contributed by atoms with Gasteiger partial charge in [0.25, 0.3) is 0 Å². The lowest BCUT2D eigenvalue weighted by atomic mass is 10.0. The van der Waals surface area contributed by atoms with Gasteiger partial charge in [0.05, 0.1) is 0 Å². The zero-order valence-corrected chi connectivity index (χ0v) is 12.7. The van der Waals surface area contributed by atoms with Gasteiger partial charge in [0.1, 0.15) is 0 Å². The van der Waals surface area contributed by atoms with Crippen molar-refractivity contribution in [2.24, 2.45) is 13.0 Å². The number of nitrogens with one attached hydrogen (secondary N) is 2. The van der Waals surface area contributed by atoms with Gasteiger partial charge in [0.15, 0.2) is 0 Å². The molecule has 0 saturated heterocycles. The highest BCUT2D eigenvalue weighted by Gasteiger charge is 2.11. The number of hydrogen-bond acceptors (Lipinski definition) is 3. The monoisotopic (exact) mass is 302 g/mol. The van der Waals surface area contributed by atoms with Crippen LogP contribution in [0, 0.1) is 5.92 Å². The van der Waals surface area contributed by atoms with E-state index in [1.165, 1.54) is 0 Å². The van der Waals surface area contributed by atoms with Crippen LogP contribution in [0.3, 0.4) is 0 Å². The Labute approximate surface area is 130 Å². The van der Waals surface area contributed by atoms with Crippen molar-refractivity contribution in [2.75, 3.05) is 13.2 Å². The predicted molar refractivity (Wildman–Crippen MR) is 84.2 cm³/mol. The maximum atomic E-state index is 11.8. The Balaban J connectivity index is 1.71. The van der Waals surface area contributed by atoms with E-state index in [1.807, 2.05) is 48.3 Å². The maximum absolute atomic E-state index is 11.8. The topological polar surface area (TPSA) is 79.2 Å². The fourth-order valence-electron chi connectivity index (χ4n) is 2.16. The van der Waals surface area contributed by atoms with Crippen LogP contribution in [0.25, 0.3) is 0 Å². The summed E-state index contributed by atoms with van der Waals surface area (Å²) in [6, 6.07) is 7.41. The van der Waals surface area contributed by atoms with Gasteiger partial charge in [-0.2, -0.15) is 0 Å². The number of carbonyl (C=O) groups excluding carboxylic acids is 1. The predicted octanol–water partition coefficient (Wildman–Crippen LogP) is 1.07. The van der Waals surface area contributed by atoms with Crippen molar-refractivity contribution in [1.82, 2.24) is 20.2 Å². The quantitative estimate of drug-likeness (QED) is 0.716. The molecule has 2 aromatic rings. The molecule has 0 aliphatic rings. The average Bonchev–Trinajstić information content (AvgIpc) is 2.96. The molecule has 0 aliphatic heterocycles. The number of hydrogen-bond donors (Lipinski definition) is 3. The third-order valence-electron chi connectivity index (χ3n) is 3.38. The minimum absolute atomic E-state index is 0.00946. The fraction of sp³-hybridized carbons (Fsp3) is 0.375. The largest absolute Gasteiger partial charge is 0.396 e. The van der Waals surface area contributed by atoms with Gasteiger partial charge in [-0.05, 0) is 30.2 Å². The Kier molecular flexibility index (Phi) is 5.97. The first kappa shape index (κ1) is 16.0. The van der Waals surface area contributed by atoms with E-state index in [9.17, 15) is 9.90 Å². The molecule has 0 aromatic carbocycles. The minimum atomic E-state index is -0.233. The molecule has 0 bridgehead atoms. The number of aryl methyl sites for hydroxylation is 1. The molecule has 0 fully saturated rings. The summed E-state index contributed by atoms with van der Waals surface area (Å²) in [6.07, 6.45) is 6.25. The van der Waals surface area contributed by atoms with E-state index >= 15 is 0 Å². The smallest absolute Gasteiger partial charge is 0.315 e. The van der Waals surface area contributed by atoms with E-state index in [2.05, 4.69) is 15.6 Å². The number of carbonyl (C=O) groups is 1. The van der Waals surface area contributed by atoms with E-state index < -0.39 is 0 Å². The summed E-state index contributed by atoms with van der Waals surface area (Å²) < 4.78 is 1.93. The molecule has 2 rings (SSSR count). The van der Waals surface area contributed by atoms with Crippen molar-refractivity contribution in [3.63, 3.8) is 0 Å². The Hall–Kier alpha value is -2.34. The summed E-state index contributed by atoms with van der Waals surface area (Å²) in [5, 5.41) is 15.0. The van der Waals surface area contributed by atoms with Crippen molar-refractivity contribution in [2.45, 2.75) is 13.0 Å². The van der Waals surface area contributed by atoms with Gasteiger partial charge in [-0.1, -0.05) is 6.07 Å². The van der Waals surface area contributed by atoms with E-state index in [0.29, 0.717) is 19.5 Å². The molecular formula is C16H22N4O2. The molecule has 3 N–H and O–H groups in total. The number of aliphatic hydroxyl groups is 1. The van der Waals surface area contributed by atoms with E-state index in [1.54, 1.807) is 6.20 Å². The van der Waals surface area contributed by atoms with Gasteiger partial charge in [-0.15, -0.1) is 0 Å². The van der Waals surface area contributed by atoms with Crippen molar-refractivity contribution in [3.05, 3.63) is 54.1 Å². The Morgan fingerprint density at radius 2 is 2.23 bits per heavy atom. The summed E-state index contributed by atoms with van der Waals surface area (Å²) in [5.74, 6) is -0.0441. The van der Waals surface area contributed by atoms with Gasteiger partial charge in [0, 0.05) is 56.9 Å². The van der Waals surface area contributed by atoms with Crippen molar-refractivity contribution in [3.8, 4) is 0 Å². The molecule has 0 spiro atoms. The first-order valence-corrected chi connectivity index (χ1v) is 7.30. The molecular weight excluding hydrogens is 280 g/mol. The molecule has 2 aromatic heterocycles. The van der Waals surface area contributed by atoms with Crippen molar-refractivity contribution in [1.29, 1.82) is 0 Å². The van der Waals surface area contributed by atoms with Crippen LogP contribution in [0.1, 0.15) is 11.3 Å². The Bertz CT molecular complexity index is 583. The molecule has 2 heterocycles.